The van der Waals surface area contributed by atoms with Crippen LogP contribution in [0.4, 0.5) is 0 Å². The van der Waals surface area contributed by atoms with Gasteiger partial charge in [-0.15, -0.1) is 0 Å². The standard InChI is InChI=1S/C16H16N2O3S/c17-7-8-21-13-6-5-10(11-3-1-2-4-12(11)13)9-14-15(19)18-16(20)22-14/h1-6,19H,7-9,17H2,(H,18,20). The normalized spacial score (nSPS) is 11.0. The Morgan fingerprint density at radius 3 is 2.64 bits per heavy atom. The first-order valence-electron chi connectivity index (χ1n) is 6.93. The van der Waals surface area contributed by atoms with Crippen LogP contribution < -0.4 is 15.3 Å². The number of hydrogen-bond donors (Lipinski definition) is 3. The largest absolute Gasteiger partial charge is 0.494 e. The zero-order valence-corrected chi connectivity index (χ0v) is 12.7. The van der Waals surface area contributed by atoms with E-state index in [1.165, 1.54) is 0 Å². The maximum Gasteiger partial charge on any atom is 0.307 e. The molecule has 114 valence electrons. The van der Waals surface area contributed by atoms with Crippen molar-refractivity contribution in [2.45, 2.75) is 6.42 Å². The average molecular weight is 316 g/mol. The second-order valence-corrected chi connectivity index (χ2v) is 5.94. The molecule has 0 aliphatic rings. The fourth-order valence-electron chi connectivity index (χ4n) is 2.43. The van der Waals surface area contributed by atoms with Crippen LogP contribution in [-0.2, 0) is 6.42 Å². The number of nitrogens with two attached hydrogens (primary N) is 1. The van der Waals surface area contributed by atoms with Crippen molar-refractivity contribution in [1.29, 1.82) is 0 Å². The zero-order chi connectivity index (χ0) is 15.5. The van der Waals surface area contributed by atoms with Crippen molar-refractivity contribution in [3.8, 4) is 11.6 Å². The van der Waals surface area contributed by atoms with Crippen LogP contribution in [0.15, 0.2) is 41.2 Å². The molecule has 0 radical (unpaired) electrons. The minimum Gasteiger partial charge on any atom is -0.494 e. The number of benzene rings is 2. The van der Waals surface area contributed by atoms with Crippen LogP contribution in [0.25, 0.3) is 10.8 Å². The van der Waals surface area contributed by atoms with E-state index >= 15 is 0 Å². The Kier molecular flexibility index (Phi) is 4.13. The van der Waals surface area contributed by atoms with Crippen molar-refractivity contribution >= 4 is 22.1 Å². The molecule has 0 saturated carbocycles. The molecule has 1 heterocycles. The van der Waals surface area contributed by atoms with E-state index in [1.807, 2.05) is 36.4 Å². The smallest absolute Gasteiger partial charge is 0.307 e. The van der Waals surface area contributed by atoms with Gasteiger partial charge in [0.2, 0.25) is 5.88 Å². The van der Waals surface area contributed by atoms with E-state index in [-0.39, 0.29) is 10.8 Å². The van der Waals surface area contributed by atoms with Gasteiger partial charge in [-0.05, 0) is 17.0 Å². The Morgan fingerprint density at radius 1 is 1.18 bits per heavy atom. The molecule has 4 N–H and O–H groups in total. The Balaban J connectivity index is 2.04. The summed E-state index contributed by atoms with van der Waals surface area (Å²) in [6.07, 6.45) is 0.493. The second-order valence-electron chi connectivity index (χ2n) is 4.87. The van der Waals surface area contributed by atoms with Crippen molar-refractivity contribution in [1.82, 2.24) is 4.98 Å². The molecule has 0 atom stereocenters. The summed E-state index contributed by atoms with van der Waals surface area (Å²) in [5.74, 6) is 0.735. The highest BCUT2D eigenvalue weighted by molar-refractivity contribution is 7.09. The SMILES string of the molecule is NCCOc1ccc(Cc2sc(=O)[nH]c2O)c2ccccc12. The lowest BCUT2D eigenvalue weighted by atomic mass is 10.0. The molecular formula is C16H16N2O3S. The van der Waals surface area contributed by atoms with Crippen LogP contribution >= 0.6 is 11.3 Å². The second kappa shape index (κ2) is 6.21. The molecule has 5 nitrogen and oxygen atoms in total. The summed E-state index contributed by atoms with van der Waals surface area (Å²) >= 11 is 1.03. The molecule has 2 aromatic carbocycles. The molecule has 0 unspecified atom stereocenters. The Labute approximate surface area is 131 Å². The van der Waals surface area contributed by atoms with Crippen LogP contribution in [0.2, 0.25) is 0 Å². The summed E-state index contributed by atoms with van der Waals surface area (Å²) < 4.78 is 5.67. The van der Waals surface area contributed by atoms with Gasteiger partial charge in [0.25, 0.3) is 0 Å². The predicted octanol–water partition coefficient (Wildman–Crippen LogP) is 2.22. The van der Waals surface area contributed by atoms with Gasteiger partial charge in [-0.25, -0.2) is 0 Å². The topological polar surface area (TPSA) is 88.3 Å². The van der Waals surface area contributed by atoms with Gasteiger partial charge >= 0.3 is 4.87 Å². The van der Waals surface area contributed by atoms with Crippen molar-refractivity contribution in [3.05, 3.63) is 56.5 Å². The minimum absolute atomic E-state index is 0.0532. The first kappa shape index (κ1) is 14.6. The number of aromatic amines is 1. The Bertz CT molecular complexity index is 854. The molecule has 0 bridgehead atoms. The molecule has 0 saturated heterocycles. The third-order valence-corrected chi connectivity index (χ3v) is 4.27. The molecule has 0 aliphatic heterocycles. The monoisotopic (exact) mass is 316 g/mol. The van der Waals surface area contributed by atoms with E-state index < -0.39 is 0 Å². The summed E-state index contributed by atoms with van der Waals surface area (Å²) in [5, 5.41) is 11.8. The van der Waals surface area contributed by atoms with E-state index in [2.05, 4.69) is 4.98 Å². The number of thiazole rings is 1. The Hall–Kier alpha value is -2.31. The number of hydrogen-bond acceptors (Lipinski definition) is 5. The number of aromatic nitrogens is 1. The number of rotatable bonds is 5. The summed E-state index contributed by atoms with van der Waals surface area (Å²) in [4.78, 5) is 14.1. The quantitative estimate of drug-likeness (QED) is 0.673. The van der Waals surface area contributed by atoms with Crippen molar-refractivity contribution in [2.75, 3.05) is 13.2 Å². The van der Waals surface area contributed by atoms with Gasteiger partial charge in [-0.1, -0.05) is 41.7 Å². The number of fused-ring (bicyclic) bond motifs is 1. The maximum atomic E-state index is 11.3. The van der Waals surface area contributed by atoms with Crippen molar-refractivity contribution in [3.63, 3.8) is 0 Å². The van der Waals surface area contributed by atoms with Gasteiger partial charge in [0.05, 0.1) is 4.88 Å². The summed E-state index contributed by atoms with van der Waals surface area (Å²) in [7, 11) is 0. The lowest BCUT2D eigenvalue weighted by Gasteiger charge is -2.11. The number of H-pyrrole nitrogens is 1. The molecular weight excluding hydrogens is 300 g/mol. The van der Waals surface area contributed by atoms with Gasteiger partial charge in [0.1, 0.15) is 12.4 Å². The van der Waals surface area contributed by atoms with Crippen LogP contribution in [0.1, 0.15) is 10.4 Å². The van der Waals surface area contributed by atoms with Gasteiger partial charge in [-0.3, -0.25) is 9.78 Å². The molecule has 6 heteroatoms. The summed E-state index contributed by atoms with van der Waals surface area (Å²) in [6, 6.07) is 11.8. The van der Waals surface area contributed by atoms with E-state index in [0.717, 1.165) is 33.4 Å². The summed E-state index contributed by atoms with van der Waals surface area (Å²) in [5.41, 5.74) is 6.52. The van der Waals surface area contributed by atoms with E-state index in [4.69, 9.17) is 10.5 Å². The highest BCUT2D eigenvalue weighted by Crippen LogP contribution is 2.31. The van der Waals surface area contributed by atoms with E-state index in [1.54, 1.807) is 0 Å². The number of ether oxygens (including phenoxy) is 1. The fourth-order valence-corrected chi connectivity index (χ4v) is 3.17. The number of aromatic hydroxyl groups is 1. The minimum atomic E-state index is -0.250. The van der Waals surface area contributed by atoms with Crippen LogP contribution in [0.3, 0.4) is 0 Å². The van der Waals surface area contributed by atoms with Gasteiger partial charge in [0.15, 0.2) is 0 Å². The zero-order valence-electron chi connectivity index (χ0n) is 11.8. The average Bonchev–Trinajstić information content (AvgIpc) is 2.84. The lowest BCUT2D eigenvalue weighted by Crippen LogP contribution is -2.10. The molecule has 3 aromatic rings. The molecule has 1 aromatic heterocycles. The highest BCUT2D eigenvalue weighted by Gasteiger charge is 2.12. The number of nitrogens with one attached hydrogen (secondary N) is 1. The first-order valence-corrected chi connectivity index (χ1v) is 7.75. The van der Waals surface area contributed by atoms with Crippen LogP contribution in [0, 0.1) is 0 Å². The molecule has 0 aliphatic carbocycles. The molecule has 0 fully saturated rings. The third-order valence-electron chi connectivity index (χ3n) is 3.40. The van der Waals surface area contributed by atoms with Crippen molar-refractivity contribution < 1.29 is 9.84 Å². The van der Waals surface area contributed by atoms with E-state index in [9.17, 15) is 9.90 Å². The highest BCUT2D eigenvalue weighted by atomic mass is 32.1. The molecule has 0 amide bonds. The predicted molar refractivity (Wildman–Crippen MR) is 87.9 cm³/mol. The Morgan fingerprint density at radius 2 is 1.95 bits per heavy atom. The fraction of sp³-hybridized carbons (Fsp3) is 0.188. The first-order chi connectivity index (χ1) is 10.7. The van der Waals surface area contributed by atoms with Gasteiger partial charge in [0, 0.05) is 18.4 Å². The molecule has 0 spiro atoms. The van der Waals surface area contributed by atoms with Crippen molar-refractivity contribution in [2.24, 2.45) is 5.73 Å². The van der Waals surface area contributed by atoms with E-state index in [0.29, 0.717) is 24.4 Å². The van der Waals surface area contributed by atoms with Gasteiger partial charge < -0.3 is 15.6 Å². The van der Waals surface area contributed by atoms with Crippen LogP contribution in [0.5, 0.6) is 11.6 Å². The lowest BCUT2D eigenvalue weighted by molar-refractivity contribution is 0.332. The molecule has 22 heavy (non-hydrogen) atoms. The third kappa shape index (κ3) is 2.84. The van der Waals surface area contributed by atoms with Gasteiger partial charge in [-0.2, -0.15) is 0 Å². The maximum absolute atomic E-state index is 11.3. The van der Waals surface area contributed by atoms with Crippen LogP contribution in [-0.4, -0.2) is 23.2 Å². The molecule has 3 rings (SSSR count). The summed E-state index contributed by atoms with van der Waals surface area (Å²) in [6.45, 7) is 0.921.